The lowest BCUT2D eigenvalue weighted by molar-refractivity contribution is -0.384. The van der Waals surface area contributed by atoms with Gasteiger partial charge in [0.05, 0.1) is 24.1 Å². The second-order valence-electron chi connectivity index (χ2n) is 10.4. The van der Waals surface area contributed by atoms with Crippen LogP contribution in [0.2, 0.25) is 0 Å². The first-order valence-corrected chi connectivity index (χ1v) is 13.2. The number of carbonyl (C=O) groups excluding carboxylic acids is 3. The Kier molecular flexibility index (Phi) is 7.33. The Morgan fingerprint density at radius 3 is 2.05 bits per heavy atom. The molecule has 3 aromatic rings. The third-order valence-corrected chi connectivity index (χ3v) is 7.92. The Hall–Kier alpha value is -4.61. The summed E-state index contributed by atoms with van der Waals surface area (Å²) in [6.07, 6.45) is 0. The van der Waals surface area contributed by atoms with Crippen molar-refractivity contribution >= 4 is 23.5 Å². The molecule has 212 valence electrons. The molecule has 0 spiro atoms. The molecular weight excluding hydrogens is 528 g/mol. The summed E-state index contributed by atoms with van der Waals surface area (Å²) in [5.41, 5.74) is -0.729. The minimum Gasteiger partial charge on any atom is -0.469 e. The van der Waals surface area contributed by atoms with Crippen LogP contribution in [0.15, 0.2) is 84.9 Å². The van der Waals surface area contributed by atoms with Gasteiger partial charge in [0.15, 0.2) is 5.72 Å². The zero-order valence-corrected chi connectivity index (χ0v) is 22.7. The van der Waals surface area contributed by atoms with E-state index in [1.807, 2.05) is 6.07 Å². The highest BCUT2D eigenvalue weighted by atomic mass is 16.6. The second-order valence-corrected chi connectivity index (χ2v) is 10.4. The van der Waals surface area contributed by atoms with Crippen LogP contribution in [0, 0.1) is 22.0 Å². The molecule has 0 aliphatic carbocycles. The molecule has 2 N–H and O–H groups in total. The zero-order chi connectivity index (χ0) is 29.5. The van der Waals surface area contributed by atoms with E-state index in [0.717, 1.165) is 0 Å². The number of nitrogens with zero attached hydrogens (tertiary/aromatic N) is 3. The van der Waals surface area contributed by atoms with E-state index in [-0.39, 0.29) is 5.69 Å². The predicted octanol–water partition coefficient (Wildman–Crippen LogP) is 3.38. The first-order valence-electron chi connectivity index (χ1n) is 13.2. The summed E-state index contributed by atoms with van der Waals surface area (Å²) in [5, 5.41) is 29.3. The third-order valence-electron chi connectivity index (χ3n) is 7.92. The molecule has 2 aliphatic rings. The summed E-state index contributed by atoms with van der Waals surface area (Å²) < 4.78 is 5.14. The number of nitro benzene ring substituents is 1. The van der Waals surface area contributed by atoms with Gasteiger partial charge in [-0.15, -0.1) is 0 Å². The molecule has 0 unspecified atom stereocenters. The Bertz CT molecular complexity index is 1470. The minimum atomic E-state index is -2.05. The summed E-state index contributed by atoms with van der Waals surface area (Å²) in [4.78, 5) is 51.8. The Morgan fingerprint density at radius 2 is 1.51 bits per heavy atom. The number of amides is 2. The molecule has 2 heterocycles. The molecule has 0 saturated carbocycles. The maximum Gasteiger partial charge on any atom is 0.315 e. The number of nitrogens with one attached hydrogen (secondary N) is 1. The van der Waals surface area contributed by atoms with Crippen molar-refractivity contribution in [3.8, 4) is 0 Å². The number of benzene rings is 3. The molecule has 5 atom stereocenters. The lowest BCUT2D eigenvalue weighted by Gasteiger charge is -2.38. The van der Waals surface area contributed by atoms with E-state index >= 15 is 0 Å². The van der Waals surface area contributed by atoms with Gasteiger partial charge in [0.25, 0.3) is 17.5 Å². The average molecular weight is 559 g/mol. The summed E-state index contributed by atoms with van der Waals surface area (Å²) in [5.74, 6) is -3.74. The highest BCUT2D eigenvalue weighted by molar-refractivity contribution is 5.99. The quantitative estimate of drug-likeness (QED) is 0.255. The maximum atomic E-state index is 14.3. The third kappa shape index (κ3) is 4.52. The topological polar surface area (TPSA) is 142 Å². The number of fused-ring (bicyclic) bond motifs is 1. The Balaban J connectivity index is 1.71. The monoisotopic (exact) mass is 558 g/mol. The number of rotatable bonds is 7. The number of ether oxygens (including phenoxy) is 1. The molecule has 2 amide bonds. The number of aliphatic hydroxyl groups is 1. The van der Waals surface area contributed by atoms with Crippen LogP contribution in [-0.4, -0.2) is 56.7 Å². The van der Waals surface area contributed by atoms with E-state index < -0.39 is 58.4 Å². The predicted molar refractivity (Wildman–Crippen MR) is 147 cm³/mol. The van der Waals surface area contributed by atoms with Crippen LogP contribution in [0.1, 0.15) is 47.4 Å². The SMILES string of the molecule is COC(=O)[C@H]1[C@H](c2ccc([N+](=O)[O-])cc2)N2[C@H](c3ccccc3)[C@@H](NC(=O)c3ccccc3)C(=O)N2[C@@]1(O)C(C)C. The summed E-state index contributed by atoms with van der Waals surface area (Å²) in [7, 11) is 1.20. The zero-order valence-electron chi connectivity index (χ0n) is 22.7. The van der Waals surface area contributed by atoms with Crippen LogP contribution in [0.25, 0.3) is 0 Å². The first-order chi connectivity index (χ1) is 19.6. The van der Waals surface area contributed by atoms with Crippen molar-refractivity contribution in [2.75, 3.05) is 7.11 Å². The van der Waals surface area contributed by atoms with Crippen molar-refractivity contribution in [2.24, 2.45) is 11.8 Å². The number of esters is 1. The van der Waals surface area contributed by atoms with Crippen molar-refractivity contribution in [1.82, 2.24) is 15.3 Å². The smallest absolute Gasteiger partial charge is 0.315 e. The second kappa shape index (κ2) is 10.8. The summed E-state index contributed by atoms with van der Waals surface area (Å²) >= 11 is 0. The van der Waals surface area contributed by atoms with E-state index in [4.69, 9.17) is 4.74 Å². The minimum absolute atomic E-state index is 0.151. The summed E-state index contributed by atoms with van der Waals surface area (Å²) in [6, 6.07) is 20.2. The highest BCUT2D eigenvalue weighted by Crippen LogP contribution is 2.57. The van der Waals surface area contributed by atoms with Crippen molar-refractivity contribution in [1.29, 1.82) is 0 Å². The molecule has 0 aromatic heterocycles. The van der Waals surface area contributed by atoms with Crippen molar-refractivity contribution < 1.29 is 29.2 Å². The van der Waals surface area contributed by atoms with Gasteiger partial charge in [-0.3, -0.25) is 24.5 Å². The lowest BCUT2D eigenvalue weighted by Crippen LogP contribution is -2.58. The first kappa shape index (κ1) is 27.9. The van der Waals surface area contributed by atoms with E-state index in [9.17, 15) is 29.6 Å². The van der Waals surface area contributed by atoms with E-state index in [1.165, 1.54) is 36.4 Å². The van der Waals surface area contributed by atoms with Gasteiger partial charge in [-0.1, -0.05) is 74.5 Å². The fourth-order valence-corrected chi connectivity index (χ4v) is 5.96. The van der Waals surface area contributed by atoms with Crippen LogP contribution in [0.4, 0.5) is 5.69 Å². The van der Waals surface area contributed by atoms with Gasteiger partial charge in [0.1, 0.15) is 12.0 Å². The molecule has 41 heavy (non-hydrogen) atoms. The largest absolute Gasteiger partial charge is 0.469 e. The molecule has 2 fully saturated rings. The normalized spacial score (nSPS) is 25.7. The highest BCUT2D eigenvalue weighted by Gasteiger charge is 2.70. The van der Waals surface area contributed by atoms with Crippen LogP contribution < -0.4 is 5.32 Å². The molecule has 0 radical (unpaired) electrons. The average Bonchev–Trinajstić information content (AvgIpc) is 3.43. The van der Waals surface area contributed by atoms with Gasteiger partial charge >= 0.3 is 5.97 Å². The molecule has 0 bridgehead atoms. The van der Waals surface area contributed by atoms with Crippen LogP contribution in [0.3, 0.4) is 0 Å². The maximum absolute atomic E-state index is 14.3. The van der Waals surface area contributed by atoms with Crippen LogP contribution >= 0.6 is 0 Å². The van der Waals surface area contributed by atoms with Gasteiger partial charge in [-0.05, 0) is 23.3 Å². The van der Waals surface area contributed by atoms with Crippen LogP contribution in [0.5, 0.6) is 0 Å². The molecule has 11 nitrogen and oxygen atoms in total. The van der Waals surface area contributed by atoms with Crippen LogP contribution in [-0.2, 0) is 14.3 Å². The standard InChI is InChI=1S/C30H30N4O7/c1-18(2)30(38)23(29(37)41-3)25(20-14-16-22(17-15-20)34(39)40)32-26(19-10-6-4-7-11-19)24(28(36)33(30)32)31-27(35)21-12-8-5-9-13-21/h4-18,23-26,38H,1-3H3,(H,31,35)/t23-,24-,25+,26-,30-/m1/s1. The van der Waals surface area contributed by atoms with Gasteiger partial charge in [0, 0.05) is 23.6 Å². The van der Waals surface area contributed by atoms with E-state index in [0.29, 0.717) is 16.7 Å². The van der Waals surface area contributed by atoms with Crippen molar-refractivity contribution in [3.05, 3.63) is 112 Å². The van der Waals surface area contributed by atoms with E-state index in [2.05, 4.69) is 5.32 Å². The van der Waals surface area contributed by atoms with Crippen molar-refractivity contribution in [2.45, 2.75) is 37.7 Å². The number of hydrazine groups is 1. The molecule has 11 heteroatoms. The number of nitro groups is 1. The number of hydrogen-bond donors (Lipinski definition) is 2. The van der Waals surface area contributed by atoms with Crippen molar-refractivity contribution in [3.63, 3.8) is 0 Å². The molecular formula is C30H30N4O7. The molecule has 3 aromatic carbocycles. The molecule has 5 rings (SSSR count). The van der Waals surface area contributed by atoms with Gasteiger partial charge in [-0.25, -0.2) is 5.01 Å². The van der Waals surface area contributed by atoms with Gasteiger partial charge in [0.2, 0.25) is 0 Å². The van der Waals surface area contributed by atoms with Gasteiger partial charge < -0.3 is 15.2 Å². The Morgan fingerprint density at radius 1 is 0.951 bits per heavy atom. The summed E-state index contributed by atoms with van der Waals surface area (Å²) in [6.45, 7) is 3.38. The molecule has 2 saturated heterocycles. The number of methoxy groups -OCH3 is 1. The number of non-ortho nitro benzene ring substituents is 1. The number of carbonyl (C=O) groups is 3. The Labute approximate surface area is 236 Å². The van der Waals surface area contributed by atoms with Gasteiger partial charge in [-0.2, -0.15) is 5.01 Å². The van der Waals surface area contributed by atoms with E-state index in [1.54, 1.807) is 73.5 Å². The fraction of sp³-hybridized carbons (Fsp3) is 0.300. The molecule has 2 aliphatic heterocycles. The number of hydrogen-bond acceptors (Lipinski definition) is 8. The lowest BCUT2D eigenvalue weighted by atomic mass is 9.79. The fourth-order valence-electron chi connectivity index (χ4n) is 5.96.